The Balaban J connectivity index is 2.09. The van der Waals surface area contributed by atoms with E-state index in [1.165, 1.54) is 11.6 Å². The number of hydrogen-bond donors (Lipinski definition) is 2. The van der Waals surface area contributed by atoms with Gasteiger partial charge in [0, 0.05) is 22.0 Å². The molecular weight excluding hydrogens is 333 g/mol. The third-order valence-electron chi connectivity index (χ3n) is 4.54. The summed E-state index contributed by atoms with van der Waals surface area (Å²) in [5.41, 5.74) is 7.95. The summed E-state index contributed by atoms with van der Waals surface area (Å²) in [4.78, 5) is 0. The van der Waals surface area contributed by atoms with E-state index in [1.807, 2.05) is 18.2 Å². The number of fused-ring (bicyclic) bond motifs is 1. The van der Waals surface area contributed by atoms with Crippen LogP contribution in [-0.2, 0) is 11.8 Å². The van der Waals surface area contributed by atoms with Crippen LogP contribution in [0.5, 0.6) is 0 Å². The summed E-state index contributed by atoms with van der Waals surface area (Å²) in [6.45, 7) is 0.292. The van der Waals surface area contributed by atoms with Crippen molar-refractivity contribution in [3.8, 4) is 0 Å². The van der Waals surface area contributed by atoms with Gasteiger partial charge in [-0.05, 0) is 36.1 Å². The Morgan fingerprint density at radius 2 is 2.05 bits per heavy atom. The summed E-state index contributed by atoms with van der Waals surface area (Å²) in [5, 5.41) is 10.9. The average Bonchev–Trinajstić information content (AvgIpc) is 2.87. The van der Waals surface area contributed by atoms with E-state index in [0.29, 0.717) is 16.6 Å². The average molecular weight is 350 g/mol. The zero-order chi connectivity index (χ0) is 15.0. The van der Waals surface area contributed by atoms with Crippen LogP contribution in [0.2, 0.25) is 0 Å². The predicted octanol–water partition coefficient (Wildman–Crippen LogP) is 3.46. The van der Waals surface area contributed by atoms with E-state index in [2.05, 4.69) is 22.0 Å². The van der Waals surface area contributed by atoms with Crippen molar-refractivity contribution < 1.29 is 9.50 Å². The minimum atomic E-state index is -0.945. The lowest BCUT2D eigenvalue weighted by molar-refractivity contribution is 0.0807. The van der Waals surface area contributed by atoms with Crippen molar-refractivity contribution in [1.82, 2.24) is 0 Å². The predicted molar refractivity (Wildman–Crippen MR) is 84.6 cm³/mol. The van der Waals surface area contributed by atoms with Crippen molar-refractivity contribution in [1.29, 1.82) is 0 Å². The van der Waals surface area contributed by atoms with Crippen LogP contribution in [0.15, 0.2) is 46.9 Å². The maximum absolute atomic E-state index is 14.2. The maximum Gasteiger partial charge on any atom is 0.130 e. The van der Waals surface area contributed by atoms with E-state index in [1.54, 1.807) is 12.1 Å². The van der Waals surface area contributed by atoms with Crippen LogP contribution < -0.4 is 5.73 Å². The Morgan fingerprint density at radius 3 is 2.76 bits per heavy atom. The van der Waals surface area contributed by atoms with Crippen LogP contribution in [0, 0.1) is 5.82 Å². The van der Waals surface area contributed by atoms with Crippen LogP contribution in [0.4, 0.5) is 4.39 Å². The normalized spacial score (nSPS) is 22.1. The van der Waals surface area contributed by atoms with Gasteiger partial charge in [-0.2, -0.15) is 0 Å². The van der Waals surface area contributed by atoms with Crippen molar-refractivity contribution >= 4 is 15.9 Å². The molecule has 2 atom stereocenters. The Morgan fingerprint density at radius 1 is 1.29 bits per heavy atom. The minimum absolute atomic E-state index is 0.292. The molecule has 4 heteroatoms. The SMILES string of the molecule is NCC1(C(O)c2ccc(Br)cc2F)CCc2ccccc21. The quantitative estimate of drug-likeness (QED) is 0.891. The first-order chi connectivity index (χ1) is 10.1. The van der Waals surface area contributed by atoms with Crippen LogP contribution >= 0.6 is 15.9 Å². The molecule has 0 saturated heterocycles. The number of rotatable bonds is 3. The Kier molecular flexibility index (Phi) is 3.86. The monoisotopic (exact) mass is 349 g/mol. The highest BCUT2D eigenvalue weighted by Gasteiger charge is 2.44. The van der Waals surface area contributed by atoms with E-state index in [0.717, 1.165) is 18.4 Å². The fourth-order valence-electron chi connectivity index (χ4n) is 3.35. The Labute approximate surface area is 131 Å². The van der Waals surface area contributed by atoms with Gasteiger partial charge in [-0.15, -0.1) is 0 Å². The molecule has 3 N–H and O–H groups in total. The third kappa shape index (κ3) is 2.31. The van der Waals surface area contributed by atoms with E-state index < -0.39 is 17.3 Å². The smallest absolute Gasteiger partial charge is 0.130 e. The highest BCUT2D eigenvalue weighted by atomic mass is 79.9. The van der Waals surface area contributed by atoms with Gasteiger partial charge in [0.25, 0.3) is 0 Å². The van der Waals surface area contributed by atoms with Crippen LogP contribution in [-0.4, -0.2) is 11.7 Å². The second-order valence-electron chi connectivity index (χ2n) is 5.59. The fourth-order valence-corrected chi connectivity index (χ4v) is 3.68. The number of aliphatic hydroxyl groups excluding tert-OH is 1. The molecule has 0 radical (unpaired) electrons. The van der Waals surface area contributed by atoms with E-state index in [-0.39, 0.29) is 0 Å². The van der Waals surface area contributed by atoms with Gasteiger partial charge in [0.1, 0.15) is 5.82 Å². The van der Waals surface area contributed by atoms with Crippen molar-refractivity contribution in [2.45, 2.75) is 24.4 Å². The van der Waals surface area contributed by atoms with Gasteiger partial charge in [0.15, 0.2) is 0 Å². The molecule has 0 saturated carbocycles. The molecule has 0 spiro atoms. The van der Waals surface area contributed by atoms with Gasteiger partial charge in [0.05, 0.1) is 6.10 Å². The summed E-state index contributed by atoms with van der Waals surface area (Å²) in [6.07, 6.45) is 0.654. The van der Waals surface area contributed by atoms with Crippen LogP contribution in [0.1, 0.15) is 29.2 Å². The number of nitrogens with two attached hydrogens (primary N) is 1. The molecule has 2 unspecified atom stereocenters. The molecule has 1 aliphatic rings. The van der Waals surface area contributed by atoms with Crippen molar-refractivity contribution in [2.24, 2.45) is 5.73 Å². The molecule has 0 bridgehead atoms. The number of hydrogen-bond acceptors (Lipinski definition) is 2. The molecule has 0 fully saturated rings. The first-order valence-electron chi connectivity index (χ1n) is 7.00. The lowest BCUT2D eigenvalue weighted by Gasteiger charge is -2.34. The molecule has 3 rings (SSSR count). The summed E-state index contributed by atoms with van der Waals surface area (Å²) >= 11 is 3.24. The van der Waals surface area contributed by atoms with Gasteiger partial charge in [-0.3, -0.25) is 0 Å². The lowest BCUT2D eigenvalue weighted by atomic mass is 9.74. The summed E-state index contributed by atoms with van der Waals surface area (Å²) in [5.74, 6) is -0.408. The fraction of sp³-hybridized carbons (Fsp3) is 0.294. The Hall–Kier alpha value is -1.23. The van der Waals surface area contributed by atoms with Gasteiger partial charge in [-0.25, -0.2) is 4.39 Å². The Bertz CT molecular complexity index is 676. The summed E-state index contributed by atoms with van der Waals surface area (Å²) in [7, 11) is 0. The molecule has 0 amide bonds. The molecule has 21 heavy (non-hydrogen) atoms. The summed E-state index contributed by atoms with van der Waals surface area (Å²) in [6, 6.07) is 12.7. The summed E-state index contributed by atoms with van der Waals surface area (Å²) < 4.78 is 14.9. The number of aryl methyl sites for hydroxylation is 1. The molecule has 0 aromatic heterocycles. The number of benzene rings is 2. The lowest BCUT2D eigenvalue weighted by Crippen LogP contribution is -2.39. The molecule has 2 aromatic rings. The molecule has 2 aromatic carbocycles. The second kappa shape index (κ2) is 5.52. The largest absolute Gasteiger partial charge is 0.387 e. The highest BCUT2D eigenvalue weighted by molar-refractivity contribution is 9.10. The van der Waals surface area contributed by atoms with Gasteiger partial charge in [-0.1, -0.05) is 46.3 Å². The van der Waals surface area contributed by atoms with Crippen molar-refractivity contribution in [2.75, 3.05) is 6.54 Å². The first kappa shape index (κ1) is 14.7. The number of halogens is 2. The van der Waals surface area contributed by atoms with Gasteiger partial charge in [0.2, 0.25) is 0 Å². The van der Waals surface area contributed by atoms with E-state index >= 15 is 0 Å². The first-order valence-corrected chi connectivity index (χ1v) is 7.79. The molecule has 1 aliphatic carbocycles. The molecular formula is C17H17BrFNO. The zero-order valence-electron chi connectivity index (χ0n) is 11.5. The van der Waals surface area contributed by atoms with Crippen LogP contribution in [0.3, 0.4) is 0 Å². The minimum Gasteiger partial charge on any atom is -0.387 e. The topological polar surface area (TPSA) is 46.2 Å². The zero-order valence-corrected chi connectivity index (χ0v) is 13.1. The number of aliphatic hydroxyl groups is 1. The second-order valence-corrected chi connectivity index (χ2v) is 6.50. The van der Waals surface area contributed by atoms with Crippen molar-refractivity contribution in [3.05, 3.63) is 69.4 Å². The van der Waals surface area contributed by atoms with E-state index in [9.17, 15) is 9.50 Å². The van der Waals surface area contributed by atoms with Gasteiger partial charge < -0.3 is 10.8 Å². The third-order valence-corrected chi connectivity index (χ3v) is 5.03. The van der Waals surface area contributed by atoms with E-state index in [4.69, 9.17) is 5.73 Å². The maximum atomic E-state index is 14.2. The molecule has 0 heterocycles. The van der Waals surface area contributed by atoms with Crippen LogP contribution in [0.25, 0.3) is 0 Å². The molecule has 2 nitrogen and oxygen atoms in total. The van der Waals surface area contributed by atoms with Crippen molar-refractivity contribution in [3.63, 3.8) is 0 Å². The molecule has 110 valence electrons. The van der Waals surface area contributed by atoms with Gasteiger partial charge >= 0.3 is 0 Å². The standard InChI is InChI=1S/C17H17BrFNO/c18-12-5-6-13(15(19)9-12)16(21)17(10-20)8-7-11-3-1-2-4-14(11)17/h1-6,9,16,21H,7-8,10,20H2. The molecule has 0 aliphatic heterocycles. The highest BCUT2D eigenvalue weighted by Crippen LogP contribution is 2.47.